The van der Waals surface area contributed by atoms with Crippen molar-refractivity contribution in [2.45, 2.75) is 6.92 Å². The van der Waals surface area contributed by atoms with E-state index in [2.05, 4.69) is 0 Å². The molecule has 0 heterocycles. The predicted molar refractivity (Wildman–Crippen MR) is 73.6 cm³/mol. The van der Waals surface area contributed by atoms with E-state index in [1.807, 2.05) is 25.1 Å². The lowest BCUT2D eigenvalue weighted by Crippen LogP contribution is -1.96. The molecule has 0 amide bonds. The third-order valence-electron chi connectivity index (χ3n) is 2.58. The molecule has 2 nitrogen and oxygen atoms in total. The highest BCUT2D eigenvalue weighted by Crippen LogP contribution is 2.31. The zero-order chi connectivity index (χ0) is 13.3. The van der Waals surface area contributed by atoms with E-state index in [0.29, 0.717) is 15.6 Å². The average Bonchev–Trinajstić information content (AvgIpc) is 2.27. The SMILES string of the molecule is Cc1ccc(-c2cc(Cl)cc(C(=O)O)c2)c(Cl)c1. The molecule has 0 saturated heterocycles. The van der Waals surface area contributed by atoms with Crippen molar-refractivity contribution < 1.29 is 9.90 Å². The van der Waals surface area contributed by atoms with Gasteiger partial charge in [-0.05, 0) is 42.3 Å². The zero-order valence-corrected chi connectivity index (χ0v) is 11.1. The number of hydrogen-bond acceptors (Lipinski definition) is 1. The highest BCUT2D eigenvalue weighted by Gasteiger charge is 2.10. The zero-order valence-electron chi connectivity index (χ0n) is 9.58. The quantitative estimate of drug-likeness (QED) is 0.868. The summed E-state index contributed by atoms with van der Waals surface area (Å²) in [6.07, 6.45) is 0. The summed E-state index contributed by atoms with van der Waals surface area (Å²) in [5.41, 5.74) is 2.66. The van der Waals surface area contributed by atoms with Gasteiger partial charge in [0.2, 0.25) is 0 Å². The second kappa shape index (κ2) is 5.01. The van der Waals surface area contributed by atoms with Gasteiger partial charge in [-0.25, -0.2) is 4.79 Å². The Morgan fingerprint density at radius 3 is 2.44 bits per heavy atom. The third-order valence-corrected chi connectivity index (χ3v) is 3.11. The normalized spacial score (nSPS) is 10.4. The van der Waals surface area contributed by atoms with Crippen LogP contribution in [-0.4, -0.2) is 11.1 Å². The number of aromatic carboxylic acids is 1. The summed E-state index contributed by atoms with van der Waals surface area (Å²) in [5, 5.41) is 9.96. The van der Waals surface area contributed by atoms with E-state index in [-0.39, 0.29) is 5.56 Å². The molecule has 18 heavy (non-hydrogen) atoms. The van der Waals surface area contributed by atoms with E-state index in [0.717, 1.165) is 11.1 Å². The Kier molecular flexibility index (Phi) is 3.60. The molecule has 2 rings (SSSR count). The Labute approximate surface area is 115 Å². The van der Waals surface area contributed by atoms with E-state index in [4.69, 9.17) is 28.3 Å². The van der Waals surface area contributed by atoms with Crippen molar-refractivity contribution in [1.29, 1.82) is 0 Å². The van der Waals surface area contributed by atoms with Crippen molar-refractivity contribution in [3.05, 3.63) is 57.6 Å². The minimum Gasteiger partial charge on any atom is -0.478 e. The molecule has 0 fully saturated rings. The standard InChI is InChI=1S/C14H10Cl2O2/c1-8-2-3-12(13(16)4-8)9-5-10(14(17)18)7-11(15)6-9/h2-7H,1H3,(H,17,18). The van der Waals surface area contributed by atoms with Crippen molar-refractivity contribution in [3.8, 4) is 11.1 Å². The van der Waals surface area contributed by atoms with Gasteiger partial charge in [0.15, 0.2) is 0 Å². The van der Waals surface area contributed by atoms with Crippen molar-refractivity contribution in [1.82, 2.24) is 0 Å². The molecule has 0 aliphatic carbocycles. The van der Waals surface area contributed by atoms with Crippen LogP contribution in [-0.2, 0) is 0 Å². The lowest BCUT2D eigenvalue weighted by Gasteiger charge is -2.07. The van der Waals surface area contributed by atoms with E-state index in [1.165, 1.54) is 6.07 Å². The molecule has 0 atom stereocenters. The van der Waals surface area contributed by atoms with Gasteiger partial charge in [-0.3, -0.25) is 0 Å². The first kappa shape index (κ1) is 12.9. The molecule has 92 valence electrons. The lowest BCUT2D eigenvalue weighted by molar-refractivity contribution is 0.0697. The van der Waals surface area contributed by atoms with E-state index < -0.39 is 5.97 Å². The number of hydrogen-bond donors (Lipinski definition) is 1. The second-order valence-electron chi connectivity index (χ2n) is 4.02. The van der Waals surface area contributed by atoms with Crippen LogP contribution in [0, 0.1) is 6.92 Å². The van der Waals surface area contributed by atoms with Gasteiger partial charge in [0, 0.05) is 15.6 Å². The van der Waals surface area contributed by atoms with Crippen LogP contribution in [0.1, 0.15) is 15.9 Å². The van der Waals surface area contributed by atoms with Crippen molar-refractivity contribution >= 4 is 29.2 Å². The smallest absolute Gasteiger partial charge is 0.335 e. The van der Waals surface area contributed by atoms with Crippen LogP contribution in [0.15, 0.2) is 36.4 Å². The summed E-state index contributed by atoms with van der Waals surface area (Å²) in [6.45, 7) is 1.94. The average molecular weight is 281 g/mol. The predicted octanol–water partition coefficient (Wildman–Crippen LogP) is 4.67. The summed E-state index contributed by atoms with van der Waals surface area (Å²) in [6, 6.07) is 10.3. The van der Waals surface area contributed by atoms with Gasteiger partial charge < -0.3 is 5.11 Å². The van der Waals surface area contributed by atoms with Crippen molar-refractivity contribution in [2.75, 3.05) is 0 Å². The van der Waals surface area contributed by atoms with Crippen LogP contribution in [0.3, 0.4) is 0 Å². The third kappa shape index (κ3) is 2.66. The molecule has 0 aromatic heterocycles. The highest BCUT2D eigenvalue weighted by molar-refractivity contribution is 6.34. The molecule has 0 unspecified atom stereocenters. The maximum Gasteiger partial charge on any atom is 0.335 e. The van der Waals surface area contributed by atoms with Crippen LogP contribution in [0.2, 0.25) is 10.0 Å². The van der Waals surface area contributed by atoms with Gasteiger partial charge >= 0.3 is 5.97 Å². The highest BCUT2D eigenvalue weighted by atomic mass is 35.5. The Hall–Kier alpha value is -1.51. The molecular weight excluding hydrogens is 271 g/mol. The van der Waals surface area contributed by atoms with Crippen LogP contribution in [0.25, 0.3) is 11.1 Å². The Morgan fingerprint density at radius 2 is 1.83 bits per heavy atom. The van der Waals surface area contributed by atoms with Crippen LogP contribution < -0.4 is 0 Å². The lowest BCUT2D eigenvalue weighted by atomic mass is 10.0. The largest absolute Gasteiger partial charge is 0.478 e. The maximum atomic E-state index is 11.0. The van der Waals surface area contributed by atoms with Crippen molar-refractivity contribution in [2.24, 2.45) is 0 Å². The first-order chi connectivity index (χ1) is 8.47. The summed E-state index contributed by atoms with van der Waals surface area (Å²) in [4.78, 5) is 11.0. The van der Waals surface area contributed by atoms with Crippen LogP contribution >= 0.6 is 23.2 Å². The first-order valence-corrected chi connectivity index (χ1v) is 6.03. The second-order valence-corrected chi connectivity index (χ2v) is 4.86. The Morgan fingerprint density at radius 1 is 1.11 bits per heavy atom. The fraction of sp³-hybridized carbons (Fsp3) is 0.0714. The van der Waals surface area contributed by atoms with Gasteiger partial charge in [0.25, 0.3) is 0 Å². The van der Waals surface area contributed by atoms with Gasteiger partial charge in [-0.1, -0.05) is 35.3 Å². The summed E-state index contributed by atoms with van der Waals surface area (Å²) in [7, 11) is 0. The monoisotopic (exact) mass is 280 g/mol. The molecular formula is C14H10Cl2O2. The Balaban J connectivity index is 2.60. The fourth-order valence-electron chi connectivity index (χ4n) is 1.72. The number of halogens is 2. The molecule has 0 aliphatic heterocycles. The summed E-state index contributed by atoms with van der Waals surface area (Å²) >= 11 is 12.1. The number of carboxylic acid groups (broad SMARTS) is 1. The molecule has 0 aliphatic rings. The van der Waals surface area contributed by atoms with Gasteiger partial charge in [0.05, 0.1) is 5.56 Å². The molecule has 0 saturated carbocycles. The number of benzene rings is 2. The number of carbonyl (C=O) groups is 1. The van der Waals surface area contributed by atoms with Gasteiger partial charge in [-0.2, -0.15) is 0 Å². The van der Waals surface area contributed by atoms with E-state index in [9.17, 15) is 4.79 Å². The van der Waals surface area contributed by atoms with E-state index >= 15 is 0 Å². The maximum absolute atomic E-state index is 11.0. The molecule has 0 radical (unpaired) electrons. The molecule has 0 spiro atoms. The first-order valence-electron chi connectivity index (χ1n) is 5.28. The molecule has 2 aromatic carbocycles. The van der Waals surface area contributed by atoms with Gasteiger partial charge in [0.1, 0.15) is 0 Å². The molecule has 2 aromatic rings. The summed E-state index contributed by atoms with van der Waals surface area (Å²) < 4.78 is 0. The van der Waals surface area contributed by atoms with Crippen LogP contribution in [0.4, 0.5) is 0 Å². The minimum absolute atomic E-state index is 0.147. The molecule has 4 heteroatoms. The topological polar surface area (TPSA) is 37.3 Å². The number of aryl methyl sites for hydroxylation is 1. The minimum atomic E-state index is -1.01. The number of rotatable bonds is 2. The van der Waals surface area contributed by atoms with Crippen molar-refractivity contribution in [3.63, 3.8) is 0 Å². The number of carboxylic acids is 1. The molecule has 1 N–H and O–H groups in total. The van der Waals surface area contributed by atoms with Crippen LogP contribution in [0.5, 0.6) is 0 Å². The molecule has 0 bridgehead atoms. The fourth-order valence-corrected chi connectivity index (χ4v) is 2.30. The Bertz CT molecular complexity index is 621. The summed E-state index contributed by atoms with van der Waals surface area (Å²) in [5.74, 6) is -1.01. The van der Waals surface area contributed by atoms with E-state index in [1.54, 1.807) is 12.1 Å². The van der Waals surface area contributed by atoms with Gasteiger partial charge in [-0.15, -0.1) is 0 Å².